The van der Waals surface area contributed by atoms with Crippen LogP contribution in [0.25, 0.3) is 16.7 Å². The highest BCUT2D eigenvalue weighted by atomic mass is 16.3. The SMILES string of the molecule is C/C=C(/C(C)=N)c1cc(-c2ccc(CO)cc2)ccc1C. The minimum atomic E-state index is 0.0646. The summed E-state index contributed by atoms with van der Waals surface area (Å²) in [6, 6.07) is 14.2. The van der Waals surface area contributed by atoms with Crippen LogP contribution in [0, 0.1) is 12.3 Å². The van der Waals surface area contributed by atoms with Crippen LogP contribution < -0.4 is 0 Å². The third-order valence-electron chi connectivity index (χ3n) is 3.69. The number of allylic oxidation sites excluding steroid dienone is 2. The van der Waals surface area contributed by atoms with Crippen molar-refractivity contribution in [1.29, 1.82) is 5.41 Å². The molecule has 0 aromatic heterocycles. The minimum Gasteiger partial charge on any atom is -0.392 e. The normalized spacial score (nSPS) is 11.5. The molecule has 2 heteroatoms. The van der Waals surface area contributed by atoms with E-state index in [2.05, 4.69) is 25.1 Å². The summed E-state index contributed by atoms with van der Waals surface area (Å²) in [4.78, 5) is 0. The molecule has 0 aliphatic rings. The third-order valence-corrected chi connectivity index (χ3v) is 3.69. The molecule has 0 spiro atoms. The molecule has 0 atom stereocenters. The second kappa shape index (κ2) is 6.51. The second-order valence-corrected chi connectivity index (χ2v) is 5.21. The van der Waals surface area contributed by atoms with Gasteiger partial charge in [-0.2, -0.15) is 0 Å². The first-order valence-electron chi connectivity index (χ1n) is 7.10. The van der Waals surface area contributed by atoms with Crippen LogP contribution in [0.2, 0.25) is 0 Å². The zero-order chi connectivity index (χ0) is 15.4. The molecule has 2 N–H and O–H groups in total. The Morgan fingerprint density at radius 3 is 2.24 bits per heavy atom. The van der Waals surface area contributed by atoms with Crippen molar-refractivity contribution >= 4 is 11.3 Å². The van der Waals surface area contributed by atoms with Crippen LogP contribution in [0.5, 0.6) is 0 Å². The lowest BCUT2D eigenvalue weighted by atomic mass is 9.93. The van der Waals surface area contributed by atoms with Crippen LogP contribution in [0.1, 0.15) is 30.5 Å². The van der Waals surface area contributed by atoms with Crippen molar-refractivity contribution in [2.75, 3.05) is 0 Å². The molecular weight excluding hydrogens is 258 g/mol. The molecule has 108 valence electrons. The molecule has 0 aliphatic heterocycles. The van der Waals surface area contributed by atoms with Crippen LogP contribution in [0.15, 0.2) is 48.5 Å². The third kappa shape index (κ3) is 3.29. The van der Waals surface area contributed by atoms with E-state index in [9.17, 15) is 0 Å². The summed E-state index contributed by atoms with van der Waals surface area (Å²) in [5.74, 6) is 0. The Bertz CT molecular complexity index is 681. The molecule has 0 radical (unpaired) electrons. The van der Waals surface area contributed by atoms with Gasteiger partial charge in [-0.25, -0.2) is 0 Å². The van der Waals surface area contributed by atoms with E-state index in [1.165, 1.54) is 5.56 Å². The summed E-state index contributed by atoms with van der Waals surface area (Å²) in [6.45, 7) is 5.92. The number of hydrogen-bond acceptors (Lipinski definition) is 2. The number of hydrogen-bond donors (Lipinski definition) is 2. The summed E-state index contributed by atoms with van der Waals surface area (Å²) >= 11 is 0. The second-order valence-electron chi connectivity index (χ2n) is 5.21. The van der Waals surface area contributed by atoms with Crippen LogP contribution in [0.4, 0.5) is 0 Å². The molecule has 0 unspecified atom stereocenters. The van der Waals surface area contributed by atoms with Gasteiger partial charge < -0.3 is 10.5 Å². The highest BCUT2D eigenvalue weighted by Gasteiger charge is 2.08. The quantitative estimate of drug-likeness (QED) is 0.789. The fourth-order valence-corrected chi connectivity index (χ4v) is 2.47. The number of nitrogens with one attached hydrogen (secondary N) is 1. The van der Waals surface area contributed by atoms with Gasteiger partial charge in [-0.15, -0.1) is 0 Å². The van der Waals surface area contributed by atoms with E-state index < -0.39 is 0 Å². The van der Waals surface area contributed by atoms with Crippen LogP contribution >= 0.6 is 0 Å². The molecule has 0 bridgehead atoms. The van der Waals surface area contributed by atoms with Gasteiger partial charge in [0.2, 0.25) is 0 Å². The Morgan fingerprint density at radius 2 is 1.71 bits per heavy atom. The molecule has 2 aromatic carbocycles. The molecule has 0 aliphatic carbocycles. The van der Waals surface area contributed by atoms with Crippen molar-refractivity contribution in [2.24, 2.45) is 0 Å². The molecule has 2 aromatic rings. The summed E-state index contributed by atoms with van der Waals surface area (Å²) in [5, 5.41) is 17.0. The van der Waals surface area contributed by atoms with Crippen molar-refractivity contribution < 1.29 is 5.11 Å². The molecule has 2 nitrogen and oxygen atoms in total. The van der Waals surface area contributed by atoms with Crippen LogP contribution in [-0.4, -0.2) is 10.8 Å². The molecule has 0 fully saturated rings. The van der Waals surface area contributed by atoms with Gasteiger partial charge in [0.25, 0.3) is 0 Å². The topological polar surface area (TPSA) is 44.1 Å². The summed E-state index contributed by atoms with van der Waals surface area (Å²) in [7, 11) is 0. The zero-order valence-electron chi connectivity index (χ0n) is 12.8. The maximum Gasteiger partial charge on any atom is 0.0681 e. The van der Waals surface area contributed by atoms with Crippen molar-refractivity contribution in [3.05, 3.63) is 65.2 Å². The Labute approximate surface area is 126 Å². The van der Waals surface area contributed by atoms with Crippen LogP contribution in [-0.2, 0) is 6.61 Å². The lowest BCUT2D eigenvalue weighted by Gasteiger charge is -2.12. The largest absolute Gasteiger partial charge is 0.392 e. The predicted molar refractivity (Wildman–Crippen MR) is 89.6 cm³/mol. The maximum absolute atomic E-state index is 9.11. The fourth-order valence-electron chi connectivity index (χ4n) is 2.47. The first kappa shape index (κ1) is 15.2. The Morgan fingerprint density at radius 1 is 1.10 bits per heavy atom. The Hall–Kier alpha value is -2.19. The highest BCUT2D eigenvalue weighted by molar-refractivity contribution is 6.21. The number of aliphatic hydroxyl groups excluding tert-OH is 1. The van der Waals surface area contributed by atoms with Gasteiger partial charge in [-0.3, -0.25) is 0 Å². The lowest BCUT2D eigenvalue weighted by Crippen LogP contribution is -1.98. The molecule has 0 saturated heterocycles. The van der Waals surface area contributed by atoms with E-state index in [0.29, 0.717) is 5.71 Å². The molecule has 0 saturated carbocycles. The summed E-state index contributed by atoms with van der Waals surface area (Å²) in [6.07, 6.45) is 1.99. The standard InChI is InChI=1S/C19H21NO/c1-4-18(14(3)20)19-11-17(8-5-13(19)2)16-9-6-15(12-21)7-10-16/h4-11,20-21H,12H2,1-3H3/b18-4-,20-14?. The highest BCUT2D eigenvalue weighted by Crippen LogP contribution is 2.27. The summed E-state index contributed by atoms with van der Waals surface area (Å²) < 4.78 is 0. The van der Waals surface area contributed by atoms with Crippen molar-refractivity contribution in [2.45, 2.75) is 27.4 Å². The average Bonchev–Trinajstić information content (AvgIpc) is 2.49. The van der Waals surface area contributed by atoms with Gasteiger partial charge in [-0.05, 0) is 60.2 Å². The van der Waals surface area contributed by atoms with Gasteiger partial charge in [0, 0.05) is 5.71 Å². The van der Waals surface area contributed by atoms with Crippen molar-refractivity contribution in [3.63, 3.8) is 0 Å². The number of aryl methyl sites for hydroxylation is 1. The van der Waals surface area contributed by atoms with E-state index >= 15 is 0 Å². The van der Waals surface area contributed by atoms with E-state index in [1.54, 1.807) is 0 Å². The zero-order valence-corrected chi connectivity index (χ0v) is 12.8. The van der Waals surface area contributed by atoms with Crippen LogP contribution in [0.3, 0.4) is 0 Å². The molecule has 2 rings (SSSR count). The smallest absolute Gasteiger partial charge is 0.0681 e. The van der Waals surface area contributed by atoms with Crippen molar-refractivity contribution in [3.8, 4) is 11.1 Å². The van der Waals surface area contributed by atoms with Gasteiger partial charge in [0.15, 0.2) is 0 Å². The first-order valence-corrected chi connectivity index (χ1v) is 7.10. The van der Waals surface area contributed by atoms with Crippen molar-refractivity contribution in [1.82, 2.24) is 0 Å². The number of rotatable bonds is 4. The molecular formula is C19H21NO. The van der Waals surface area contributed by atoms with Gasteiger partial charge >= 0.3 is 0 Å². The van der Waals surface area contributed by atoms with E-state index in [-0.39, 0.29) is 6.61 Å². The van der Waals surface area contributed by atoms with E-state index in [0.717, 1.165) is 27.8 Å². The minimum absolute atomic E-state index is 0.0646. The Balaban J connectivity index is 2.49. The number of aliphatic hydroxyl groups is 1. The molecule has 0 heterocycles. The maximum atomic E-state index is 9.11. The van der Waals surface area contributed by atoms with E-state index in [1.807, 2.05) is 44.2 Å². The molecule has 0 amide bonds. The molecule has 21 heavy (non-hydrogen) atoms. The van der Waals surface area contributed by atoms with Gasteiger partial charge in [0.1, 0.15) is 0 Å². The van der Waals surface area contributed by atoms with Gasteiger partial charge in [-0.1, -0.05) is 42.5 Å². The Kier molecular flexibility index (Phi) is 4.71. The lowest BCUT2D eigenvalue weighted by molar-refractivity contribution is 0.282. The van der Waals surface area contributed by atoms with Gasteiger partial charge in [0.05, 0.1) is 6.61 Å². The fraction of sp³-hybridized carbons (Fsp3) is 0.211. The summed E-state index contributed by atoms with van der Waals surface area (Å²) in [5.41, 5.74) is 6.98. The first-order chi connectivity index (χ1) is 10.1. The van der Waals surface area contributed by atoms with E-state index in [4.69, 9.17) is 10.5 Å². The predicted octanol–water partition coefficient (Wildman–Crippen LogP) is 4.60. The number of benzene rings is 2. The monoisotopic (exact) mass is 279 g/mol. The average molecular weight is 279 g/mol.